The van der Waals surface area contributed by atoms with Crippen LogP contribution in [0.25, 0.3) is 0 Å². The molecule has 0 bridgehead atoms. The topological polar surface area (TPSA) is 72.2 Å². The Morgan fingerprint density at radius 3 is 2.12 bits per heavy atom. The molecule has 92 valence electrons. The zero-order valence-electron chi connectivity index (χ0n) is 10.3. The largest absolute Gasteiger partial charge is 0.368 e. The molecule has 0 saturated heterocycles. The van der Waals surface area contributed by atoms with Gasteiger partial charge in [-0.15, -0.1) is 0 Å². The molecule has 0 aromatic carbocycles. The lowest BCUT2D eigenvalue weighted by molar-refractivity contribution is -0.131. The van der Waals surface area contributed by atoms with Crippen molar-refractivity contribution < 1.29 is 9.59 Å². The van der Waals surface area contributed by atoms with Crippen LogP contribution in [0.5, 0.6) is 0 Å². The van der Waals surface area contributed by atoms with Crippen molar-refractivity contribution in [1.82, 2.24) is 5.32 Å². The van der Waals surface area contributed by atoms with Crippen molar-refractivity contribution in [3.05, 3.63) is 0 Å². The smallest absolute Gasteiger partial charge is 0.239 e. The molecule has 0 spiro atoms. The van der Waals surface area contributed by atoms with Gasteiger partial charge in [-0.2, -0.15) is 0 Å². The maximum Gasteiger partial charge on any atom is 0.239 e. The Hall–Kier alpha value is -1.06. The summed E-state index contributed by atoms with van der Waals surface area (Å²) < 4.78 is 0. The molecule has 1 rings (SSSR count). The monoisotopic (exact) mass is 226 g/mol. The van der Waals surface area contributed by atoms with Crippen LogP contribution in [0.4, 0.5) is 0 Å². The zero-order chi connectivity index (χ0) is 12.3. The second kappa shape index (κ2) is 5.32. The molecule has 16 heavy (non-hydrogen) atoms. The van der Waals surface area contributed by atoms with E-state index in [2.05, 4.69) is 19.2 Å². The van der Waals surface area contributed by atoms with E-state index in [9.17, 15) is 9.59 Å². The number of nitrogens with two attached hydrogens (primary N) is 1. The predicted molar refractivity (Wildman–Crippen MR) is 62.5 cm³/mol. The minimum atomic E-state index is -0.569. The summed E-state index contributed by atoms with van der Waals surface area (Å²) in [6.07, 6.45) is 3.03. The number of rotatable bonds is 3. The Balaban J connectivity index is 2.50. The lowest BCUT2D eigenvalue weighted by Gasteiger charge is -2.31. The van der Waals surface area contributed by atoms with Crippen LogP contribution in [-0.4, -0.2) is 17.9 Å². The van der Waals surface area contributed by atoms with E-state index in [1.807, 2.05) is 0 Å². The zero-order valence-corrected chi connectivity index (χ0v) is 10.3. The number of carbonyl (C=O) groups excluding carboxylic acids is 2. The molecule has 3 N–H and O–H groups in total. The van der Waals surface area contributed by atoms with Crippen LogP contribution >= 0.6 is 0 Å². The summed E-state index contributed by atoms with van der Waals surface area (Å²) in [6, 6.07) is -0.569. The fourth-order valence-corrected chi connectivity index (χ4v) is 2.56. The molecule has 4 nitrogen and oxygen atoms in total. The van der Waals surface area contributed by atoms with Crippen LogP contribution in [0, 0.1) is 17.8 Å². The second-order valence-electron chi connectivity index (χ2n) is 5.25. The van der Waals surface area contributed by atoms with Gasteiger partial charge in [-0.1, -0.05) is 13.8 Å². The number of carbonyl (C=O) groups is 2. The van der Waals surface area contributed by atoms with Crippen molar-refractivity contribution in [3.63, 3.8) is 0 Å². The molecule has 0 aromatic rings. The van der Waals surface area contributed by atoms with Gasteiger partial charge in [-0.25, -0.2) is 0 Å². The molecule has 0 heterocycles. The molecule has 2 amide bonds. The van der Waals surface area contributed by atoms with E-state index in [0.717, 1.165) is 12.8 Å². The van der Waals surface area contributed by atoms with Crippen LogP contribution in [0.3, 0.4) is 0 Å². The Bertz CT molecular complexity index is 268. The highest BCUT2D eigenvalue weighted by molar-refractivity contribution is 5.87. The van der Waals surface area contributed by atoms with Crippen molar-refractivity contribution in [2.75, 3.05) is 0 Å². The summed E-state index contributed by atoms with van der Waals surface area (Å²) in [4.78, 5) is 22.7. The third kappa shape index (κ3) is 3.51. The van der Waals surface area contributed by atoms with Crippen molar-refractivity contribution >= 4 is 11.8 Å². The van der Waals surface area contributed by atoms with E-state index in [-0.39, 0.29) is 11.8 Å². The molecular weight excluding hydrogens is 204 g/mol. The Kier molecular flexibility index (Phi) is 4.33. The number of amides is 2. The lowest BCUT2D eigenvalue weighted by atomic mass is 9.76. The highest BCUT2D eigenvalue weighted by atomic mass is 16.2. The van der Waals surface area contributed by atoms with Crippen LogP contribution in [-0.2, 0) is 9.59 Å². The molecule has 4 atom stereocenters. The number of hydrogen-bond donors (Lipinski definition) is 2. The number of nitrogens with one attached hydrogen (secondary N) is 1. The molecule has 0 radical (unpaired) electrons. The van der Waals surface area contributed by atoms with E-state index in [1.165, 1.54) is 6.42 Å². The minimum absolute atomic E-state index is 0.0234. The van der Waals surface area contributed by atoms with E-state index in [4.69, 9.17) is 5.73 Å². The minimum Gasteiger partial charge on any atom is -0.368 e. The standard InChI is InChI=1S/C12H22N2O2/c1-7-4-8(2)6-10(5-7)12(16)14-9(3)11(13)15/h7-10H,4-6H2,1-3H3,(H2,13,15)(H,14,16)/t7-,8+,9-,10-/m0/s1. The van der Waals surface area contributed by atoms with Crippen molar-refractivity contribution in [2.24, 2.45) is 23.5 Å². The third-order valence-electron chi connectivity index (χ3n) is 3.33. The average Bonchev–Trinajstić information content (AvgIpc) is 2.15. The van der Waals surface area contributed by atoms with Crippen LogP contribution in [0.2, 0.25) is 0 Å². The maximum absolute atomic E-state index is 11.9. The van der Waals surface area contributed by atoms with E-state index >= 15 is 0 Å². The highest BCUT2D eigenvalue weighted by Crippen LogP contribution is 2.32. The first kappa shape index (κ1) is 13.0. The van der Waals surface area contributed by atoms with Crippen LogP contribution in [0.1, 0.15) is 40.0 Å². The first-order valence-corrected chi connectivity index (χ1v) is 5.99. The van der Waals surface area contributed by atoms with Gasteiger partial charge in [0.1, 0.15) is 6.04 Å². The normalized spacial score (nSPS) is 31.8. The van der Waals surface area contributed by atoms with E-state index < -0.39 is 11.9 Å². The van der Waals surface area contributed by atoms with Crippen molar-refractivity contribution in [3.8, 4) is 0 Å². The summed E-state index contributed by atoms with van der Waals surface area (Å²) in [5.74, 6) is 0.710. The van der Waals surface area contributed by atoms with Gasteiger partial charge in [0.2, 0.25) is 11.8 Å². The van der Waals surface area contributed by atoms with Gasteiger partial charge in [0.25, 0.3) is 0 Å². The Labute approximate surface area is 97.0 Å². The molecule has 1 fully saturated rings. The number of hydrogen-bond acceptors (Lipinski definition) is 2. The molecule has 1 aliphatic carbocycles. The van der Waals surface area contributed by atoms with Gasteiger partial charge in [0, 0.05) is 5.92 Å². The molecule has 4 heteroatoms. The summed E-state index contributed by atoms with van der Waals surface area (Å²) >= 11 is 0. The Morgan fingerprint density at radius 1 is 1.19 bits per heavy atom. The summed E-state index contributed by atoms with van der Waals surface area (Å²) in [6.45, 7) is 5.97. The van der Waals surface area contributed by atoms with Gasteiger partial charge in [0.15, 0.2) is 0 Å². The van der Waals surface area contributed by atoms with Gasteiger partial charge in [0.05, 0.1) is 0 Å². The quantitative estimate of drug-likeness (QED) is 0.755. The first-order chi connectivity index (χ1) is 7.40. The second-order valence-corrected chi connectivity index (χ2v) is 5.25. The summed E-state index contributed by atoms with van der Waals surface area (Å²) in [5.41, 5.74) is 5.11. The van der Waals surface area contributed by atoms with Gasteiger partial charge in [-0.3, -0.25) is 9.59 Å². The molecule has 0 aliphatic heterocycles. The lowest BCUT2D eigenvalue weighted by Crippen LogP contribution is -2.45. The summed E-state index contributed by atoms with van der Waals surface area (Å²) in [7, 11) is 0. The molecule has 0 aromatic heterocycles. The summed E-state index contributed by atoms with van der Waals surface area (Å²) in [5, 5.41) is 2.68. The fourth-order valence-electron chi connectivity index (χ4n) is 2.56. The fraction of sp³-hybridized carbons (Fsp3) is 0.833. The van der Waals surface area contributed by atoms with Crippen molar-refractivity contribution in [2.45, 2.75) is 46.1 Å². The molecule has 1 saturated carbocycles. The predicted octanol–water partition coefficient (Wildman–Crippen LogP) is 1.05. The van der Waals surface area contributed by atoms with Crippen LogP contribution < -0.4 is 11.1 Å². The molecule has 0 unspecified atom stereocenters. The maximum atomic E-state index is 11.9. The SMILES string of the molecule is C[C@@H]1C[C@H](C)C[C@H](C(=O)N[C@@H](C)C(N)=O)C1. The number of primary amides is 1. The van der Waals surface area contributed by atoms with E-state index in [0.29, 0.717) is 11.8 Å². The average molecular weight is 226 g/mol. The van der Waals surface area contributed by atoms with Crippen molar-refractivity contribution in [1.29, 1.82) is 0 Å². The Morgan fingerprint density at radius 2 is 1.69 bits per heavy atom. The van der Waals surface area contributed by atoms with Gasteiger partial charge < -0.3 is 11.1 Å². The van der Waals surface area contributed by atoms with E-state index in [1.54, 1.807) is 6.92 Å². The highest BCUT2D eigenvalue weighted by Gasteiger charge is 2.29. The van der Waals surface area contributed by atoms with Crippen LogP contribution in [0.15, 0.2) is 0 Å². The third-order valence-corrected chi connectivity index (χ3v) is 3.33. The molecule has 1 aliphatic rings. The molecular formula is C12H22N2O2. The first-order valence-electron chi connectivity index (χ1n) is 5.99. The van der Waals surface area contributed by atoms with Gasteiger partial charge in [-0.05, 0) is 38.0 Å². The van der Waals surface area contributed by atoms with Gasteiger partial charge >= 0.3 is 0 Å².